The summed E-state index contributed by atoms with van der Waals surface area (Å²) in [6.07, 6.45) is 1.13. The third-order valence-corrected chi connectivity index (χ3v) is 3.72. The molecular formula is C17H20N2O. The minimum Gasteiger partial charge on any atom is -0.384 e. The highest BCUT2D eigenvalue weighted by molar-refractivity contribution is 5.62. The fourth-order valence-corrected chi connectivity index (χ4v) is 2.72. The number of methoxy groups -OCH3 is 1. The number of para-hydroxylation sites is 2. The van der Waals surface area contributed by atoms with Crippen molar-refractivity contribution < 1.29 is 4.74 Å². The summed E-state index contributed by atoms with van der Waals surface area (Å²) >= 11 is 0. The molecule has 3 nitrogen and oxygen atoms in total. The lowest BCUT2D eigenvalue weighted by molar-refractivity contribution is 0.185. The van der Waals surface area contributed by atoms with Gasteiger partial charge in [0.25, 0.3) is 0 Å². The standard InChI is InChI=1S/C17H20N2O/c1-20-12-15-5-2-3-8-16(15)19-11-14-7-4-6-13-9-10-18-17(13)14/h2-8,18-19H,9-12H2,1H3. The van der Waals surface area contributed by atoms with Crippen molar-refractivity contribution in [1.29, 1.82) is 0 Å². The molecule has 0 bridgehead atoms. The predicted octanol–water partition coefficient (Wildman–Crippen LogP) is 3.41. The second kappa shape index (κ2) is 5.97. The van der Waals surface area contributed by atoms with Crippen LogP contribution in [0.25, 0.3) is 0 Å². The van der Waals surface area contributed by atoms with Gasteiger partial charge in [0, 0.05) is 37.1 Å². The fourth-order valence-electron chi connectivity index (χ4n) is 2.72. The van der Waals surface area contributed by atoms with Crippen molar-refractivity contribution in [2.75, 3.05) is 24.3 Å². The highest BCUT2D eigenvalue weighted by Gasteiger charge is 2.13. The van der Waals surface area contributed by atoms with Crippen LogP contribution in [0.15, 0.2) is 42.5 Å². The van der Waals surface area contributed by atoms with E-state index in [0.29, 0.717) is 6.61 Å². The molecule has 3 rings (SSSR count). The maximum absolute atomic E-state index is 5.24. The van der Waals surface area contributed by atoms with Gasteiger partial charge in [0.05, 0.1) is 6.61 Å². The normalized spacial score (nSPS) is 12.8. The molecule has 0 fully saturated rings. The van der Waals surface area contributed by atoms with Crippen LogP contribution in [0.1, 0.15) is 16.7 Å². The molecule has 1 aliphatic rings. The highest BCUT2D eigenvalue weighted by atomic mass is 16.5. The van der Waals surface area contributed by atoms with Crippen molar-refractivity contribution in [3.63, 3.8) is 0 Å². The van der Waals surface area contributed by atoms with Crippen molar-refractivity contribution in [3.05, 3.63) is 59.2 Å². The van der Waals surface area contributed by atoms with E-state index in [0.717, 1.165) is 25.2 Å². The Morgan fingerprint density at radius 2 is 1.95 bits per heavy atom. The van der Waals surface area contributed by atoms with Gasteiger partial charge in [-0.2, -0.15) is 0 Å². The Balaban J connectivity index is 1.76. The Morgan fingerprint density at radius 3 is 2.85 bits per heavy atom. The van der Waals surface area contributed by atoms with Gasteiger partial charge in [-0.25, -0.2) is 0 Å². The Labute approximate surface area is 120 Å². The van der Waals surface area contributed by atoms with Gasteiger partial charge in [0.2, 0.25) is 0 Å². The first-order valence-electron chi connectivity index (χ1n) is 7.04. The summed E-state index contributed by atoms with van der Waals surface area (Å²) < 4.78 is 5.24. The Bertz CT molecular complexity index is 595. The van der Waals surface area contributed by atoms with Crippen molar-refractivity contribution in [3.8, 4) is 0 Å². The first-order valence-corrected chi connectivity index (χ1v) is 7.04. The molecule has 0 aliphatic carbocycles. The molecule has 20 heavy (non-hydrogen) atoms. The average molecular weight is 268 g/mol. The molecule has 0 saturated heterocycles. The summed E-state index contributed by atoms with van der Waals surface area (Å²) in [6, 6.07) is 14.8. The van der Waals surface area contributed by atoms with E-state index in [1.54, 1.807) is 7.11 Å². The molecule has 104 valence electrons. The molecular weight excluding hydrogens is 248 g/mol. The van der Waals surface area contributed by atoms with Gasteiger partial charge in [0.1, 0.15) is 0 Å². The summed E-state index contributed by atoms with van der Waals surface area (Å²) in [5.74, 6) is 0. The predicted molar refractivity (Wildman–Crippen MR) is 83.1 cm³/mol. The molecule has 0 unspecified atom stereocenters. The summed E-state index contributed by atoms with van der Waals surface area (Å²) in [5.41, 5.74) is 6.39. The van der Waals surface area contributed by atoms with E-state index < -0.39 is 0 Å². The number of hydrogen-bond donors (Lipinski definition) is 2. The minimum atomic E-state index is 0.633. The molecule has 2 aromatic rings. The SMILES string of the molecule is COCc1ccccc1NCc1cccc2c1NCC2. The molecule has 0 radical (unpaired) electrons. The van der Waals surface area contributed by atoms with E-state index in [1.807, 2.05) is 6.07 Å². The van der Waals surface area contributed by atoms with Gasteiger partial charge < -0.3 is 15.4 Å². The zero-order chi connectivity index (χ0) is 13.8. The van der Waals surface area contributed by atoms with Crippen molar-refractivity contribution in [2.45, 2.75) is 19.6 Å². The van der Waals surface area contributed by atoms with Gasteiger partial charge in [-0.1, -0.05) is 36.4 Å². The van der Waals surface area contributed by atoms with E-state index in [4.69, 9.17) is 4.74 Å². The van der Waals surface area contributed by atoms with E-state index in [2.05, 4.69) is 47.0 Å². The van der Waals surface area contributed by atoms with Gasteiger partial charge in [-0.3, -0.25) is 0 Å². The summed E-state index contributed by atoms with van der Waals surface area (Å²) in [4.78, 5) is 0. The lowest BCUT2D eigenvalue weighted by Crippen LogP contribution is -2.05. The van der Waals surface area contributed by atoms with Gasteiger partial charge in [-0.15, -0.1) is 0 Å². The first kappa shape index (κ1) is 13.0. The maximum Gasteiger partial charge on any atom is 0.0733 e. The van der Waals surface area contributed by atoms with Crippen molar-refractivity contribution in [1.82, 2.24) is 0 Å². The number of hydrogen-bond acceptors (Lipinski definition) is 3. The second-order valence-electron chi connectivity index (χ2n) is 5.07. The number of fused-ring (bicyclic) bond motifs is 1. The van der Waals surface area contributed by atoms with Crippen LogP contribution in [0.4, 0.5) is 11.4 Å². The van der Waals surface area contributed by atoms with Crippen LogP contribution >= 0.6 is 0 Å². The Kier molecular flexibility index (Phi) is 3.88. The molecule has 3 heteroatoms. The largest absolute Gasteiger partial charge is 0.384 e. The summed E-state index contributed by atoms with van der Waals surface area (Å²) in [7, 11) is 1.73. The topological polar surface area (TPSA) is 33.3 Å². The molecule has 2 aromatic carbocycles. The van der Waals surface area contributed by atoms with Crippen LogP contribution in [0.3, 0.4) is 0 Å². The summed E-state index contributed by atoms with van der Waals surface area (Å²) in [5, 5.41) is 7.00. The van der Waals surface area contributed by atoms with E-state index >= 15 is 0 Å². The van der Waals surface area contributed by atoms with Crippen LogP contribution in [0.5, 0.6) is 0 Å². The van der Waals surface area contributed by atoms with Crippen LogP contribution in [-0.2, 0) is 24.3 Å². The lowest BCUT2D eigenvalue weighted by atomic mass is 10.1. The fraction of sp³-hybridized carbons (Fsp3) is 0.294. The zero-order valence-corrected chi connectivity index (χ0v) is 11.8. The molecule has 0 atom stereocenters. The number of rotatable bonds is 5. The van der Waals surface area contributed by atoms with Gasteiger partial charge in [0.15, 0.2) is 0 Å². The minimum absolute atomic E-state index is 0.633. The lowest BCUT2D eigenvalue weighted by Gasteiger charge is -2.14. The quantitative estimate of drug-likeness (QED) is 0.872. The highest BCUT2D eigenvalue weighted by Crippen LogP contribution is 2.27. The Morgan fingerprint density at radius 1 is 1.10 bits per heavy atom. The molecule has 0 amide bonds. The van der Waals surface area contributed by atoms with E-state index in [-0.39, 0.29) is 0 Å². The molecule has 2 N–H and O–H groups in total. The van der Waals surface area contributed by atoms with E-state index in [1.165, 1.54) is 22.4 Å². The van der Waals surface area contributed by atoms with Gasteiger partial charge >= 0.3 is 0 Å². The molecule has 1 heterocycles. The van der Waals surface area contributed by atoms with Crippen LogP contribution in [0, 0.1) is 0 Å². The Hall–Kier alpha value is -2.00. The van der Waals surface area contributed by atoms with Crippen LogP contribution < -0.4 is 10.6 Å². The number of anilines is 2. The molecule has 1 aliphatic heterocycles. The zero-order valence-electron chi connectivity index (χ0n) is 11.8. The molecule has 0 aromatic heterocycles. The maximum atomic E-state index is 5.24. The monoisotopic (exact) mass is 268 g/mol. The molecule has 0 saturated carbocycles. The third-order valence-electron chi connectivity index (χ3n) is 3.72. The van der Waals surface area contributed by atoms with E-state index in [9.17, 15) is 0 Å². The number of ether oxygens (including phenoxy) is 1. The van der Waals surface area contributed by atoms with Crippen molar-refractivity contribution in [2.24, 2.45) is 0 Å². The smallest absolute Gasteiger partial charge is 0.0733 e. The van der Waals surface area contributed by atoms with Crippen LogP contribution in [0.2, 0.25) is 0 Å². The first-order chi connectivity index (χ1) is 9.88. The molecule has 0 spiro atoms. The average Bonchev–Trinajstić information content (AvgIpc) is 2.96. The van der Waals surface area contributed by atoms with Gasteiger partial charge in [-0.05, 0) is 23.6 Å². The second-order valence-corrected chi connectivity index (χ2v) is 5.07. The third kappa shape index (κ3) is 2.63. The summed E-state index contributed by atoms with van der Waals surface area (Å²) in [6.45, 7) is 2.51. The number of benzene rings is 2. The van der Waals surface area contributed by atoms with Crippen molar-refractivity contribution >= 4 is 11.4 Å². The number of nitrogens with one attached hydrogen (secondary N) is 2. The van der Waals surface area contributed by atoms with Crippen LogP contribution in [-0.4, -0.2) is 13.7 Å².